The molecule has 0 aliphatic heterocycles. The number of aliphatic hydroxyl groups is 2. The molecule has 0 saturated heterocycles. The summed E-state index contributed by atoms with van der Waals surface area (Å²) in [6, 6.07) is 0.791. The summed E-state index contributed by atoms with van der Waals surface area (Å²) >= 11 is 3.75. The highest BCUT2D eigenvalue weighted by atomic mass is 32.1. The van der Waals surface area contributed by atoms with Crippen molar-refractivity contribution in [2.24, 2.45) is 0 Å². The molecule has 2 unspecified atom stereocenters. The smallest absolute Gasteiger partial charge is 0.248 e. The Labute approximate surface area is 84.8 Å². The number of hydrogen-bond acceptors (Lipinski definition) is 4. The van der Waals surface area contributed by atoms with Crippen LogP contribution in [-0.2, 0) is 0 Å². The fraction of sp³-hybridized carbons (Fsp3) is 0.375. The molecule has 78 valence electrons. The molecule has 0 aliphatic rings. The normalized spacial score (nSPS) is 15.2. The van der Waals surface area contributed by atoms with E-state index >= 15 is 0 Å². The van der Waals surface area contributed by atoms with Crippen molar-refractivity contribution < 1.29 is 19.0 Å². The van der Waals surface area contributed by atoms with E-state index in [1.165, 1.54) is 0 Å². The van der Waals surface area contributed by atoms with Gasteiger partial charge >= 0.3 is 0 Å². The van der Waals surface area contributed by atoms with Crippen LogP contribution in [0, 0.1) is 11.8 Å². The fourth-order valence-electron chi connectivity index (χ4n) is 0.920. The second-order valence-corrected chi connectivity index (χ2v) is 3.10. The third-order valence-electron chi connectivity index (χ3n) is 1.71. The van der Waals surface area contributed by atoms with Crippen LogP contribution in [0.25, 0.3) is 0 Å². The maximum atomic E-state index is 12.7. The topological polar surface area (TPSA) is 53.4 Å². The van der Waals surface area contributed by atoms with Crippen LogP contribution in [0.15, 0.2) is 12.3 Å². The standard InChI is InChI=1S/C8H9F2NO2S/c9-5-1-4(2-11-8(5)10)7(13)6(12)3-14/h1-2,6-7,12-14H,3H2. The van der Waals surface area contributed by atoms with Crippen molar-refractivity contribution >= 4 is 12.6 Å². The number of aromatic nitrogens is 1. The Morgan fingerprint density at radius 3 is 2.57 bits per heavy atom. The van der Waals surface area contributed by atoms with E-state index in [1.807, 2.05) is 0 Å². The Morgan fingerprint density at radius 1 is 1.43 bits per heavy atom. The molecular formula is C8H9F2NO2S. The van der Waals surface area contributed by atoms with E-state index in [9.17, 15) is 13.9 Å². The molecule has 0 aromatic carbocycles. The third kappa shape index (κ3) is 2.40. The van der Waals surface area contributed by atoms with Gasteiger partial charge in [-0.2, -0.15) is 17.0 Å². The van der Waals surface area contributed by atoms with Gasteiger partial charge in [0.25, 0.3) is 0 Å². The summed E-state index contributed by atoms with van der Waals surface area (Å²) in [5.41, 5.74) is 0.0189. The van der Waals surface area contributed by atoms with Crippen LogP contribution in [0.5, 0.6) is 0 Å². The molecule has 3 nitrogen and oxygen atoms in total. The van der Waals surface area contributed by atoms with Gasteiger partial charge in [-0.05, 0) is 6.07 Å². The zero-order valence-electron chi connectivity index (χ0n) is 7.06. The zero-order valence-corrected chi connectivity index (χ0v) is 7.96. The molecule has 0 radical (unpaired) electrons. The lowest BCUT2D eigenvalue weighted by molar-refractivity contribution is 0.0332. The van der Waals surface area contributed by atoms with E-state index in [0.29, 0.717) is 0 Å². The second-order valence-electron chi connectivity index (χ2n) is 2.74. The molecule has 0 amide bonds. The third-order valence-corrected chi connectivity index (χ3v) is 2.08. The number of pyridine rings is 1. The predicted octanol–water partition coefficient (Wildman–Crippen LogP) is 0.684. The van der Waals surface area contributed by atoms with Gasteiger partial charge in [0.15, 0.2) is 5.82 Å². The molecule has 2 atom stereocenters. The first-order valence-corrected chi connectivity index (χ1v) is 4.47. The highest BCUT2D eigenvalue weighted by molar-refractivity contribution is 7.80. The van der Waals surface area contributed by atoms with Gasteiger partial charge in [0.2, 0.25) is 5.95 Å². The van der Waals surface area contributed by atoms with Crippen LogP contribution in [-0.4, -0.2) is 27.1 Å². The maximum Gasteiger partial charge on any atom is 0.248 e. The molecule has 0 aliphatic carbocycles. The van der Waals surface area contributed by atoms with Gasteiger partial charge in [-0.25, -0.2) is 9.37 Å². The Kier molecular flexibility index (Phi) is 3.79. The lowest BCUT2D eigenvalue weighted by atomic mass is 10.1. The first-order valence-electron chi connectivity index (χ1n) is 3.84. The van der Waals surface area contributed by atoms with Crippen LogP contribution < -0.4 is 0 Å². The number of rotatable bonds is 3. The summed E-state index contributed by atoms with van der Waals surface area (Å²) in [5, 5.41) is 18.5. The van der Waals surface area contributed by atoms with Crippen molar-refractivity contribution in [1.29, 1.82) is 0 Å². The van der Waals surface area contributed by atoms with Gasteiger partial charge in [0, 0.05) is 17.5 Å². The molecular weight excluding hydrogens is 212 g/mol. The summed E-state index contributed by atoms with van der Waals surface area (Å²) in [6.45, 7) is 0. The number of halogens is 2. The van der Waals surface area contributed by atoms with Crippen LogP contribution in [0.1, 0.15) is 11.7 Å². The van der Waals surface area contributed by atoms with E-state index in [4.69, 9.17) is 5.11 Å². The van der Waals surface area contributed by atoms with Gasteiger partial charge in [0.1, 0.15) is 6.10 Å². The highest BCUT2D eigenvalue weighted by Gasteiger charge is 2.18. The molecule has 0 saturated carbocycles. The summed E-state index contributed by atoms with van der Waals surface area (Å²) in [7, 11) is 0. The van der Waals surface area contributed by atoms with Crippen molar-refractivity contribution in [3.05, 3.63) is 29.6 Å². The Balaban J connectivity index is 2.91. The van der Waals surface area contributed by atoms with Crippen LogP contribution >= 0.6 is 12.6 Å². The lowest BCUT2D eigenvalue weighted by Crippen LogP contribution is -2.20. The molecule has 0 bridgehead atoms. The first-order chi connectivity index (χ1) is 6.56. The van der Waals surface area contributed by atoms with Gasteiger partial charge in [-0.15, -0.1) is 0 Å². The van der Waals surface area contributed by atoms with E-state index in [2.05, 4.69) is 17.6 Å². The zero-order chi connectivity index (χ0) is 10.7. The van der Waals surface area contributed by atoms with Gasteiger partial charge in [0.05, 0.1) is 6.10 Å². The molecule has 0 fully saturated rings. The van der Waals surface area contributed by atoms with Crippen LogP contribution in [0.3, 0.4) is 0 Å². The minimum absolute atomic E-state index is 0.0140. The molecule has 14 heavy (non-hydrogen) atoms. The summed E-state index contributed by atoms with van der Waals surface area (Å²) in [6.07, 6.45) is -1.48. The minimum atomic E-state index is -1.31. The minimum Gasteiger partial charge on any atom is -0.389 e. The second kappa shape index (κ2) is 4.68. The molecule has 6 heteroatoms. The largest absolute Gasteiger partial charge is 0.389 e. The summed E-state index contributed by atoms with van der Waals surface area (Å²) < 4.78 is 25.1. The Morgan fingerprint density at radius 2 is 2.07 bits per heavy atom. The van der Waals surface area contributed by atoms with E-state index in [0.717, 1.165) is 12.3 Å². The molecule has 1 rings (SSSR count). The van der Waals surface area contributed by atoms with Gasteiger partial charge in [-0.3, -0.25) is 0 Å². The SMILES string of the molecule is OC(CS)C(O)c1cnc(F)c(F)c1. The van der Waals surface area contributed by atoms with Crippen LogP contribution in [0.2, 0.25) is 0 Å². The lowest BCUT2D eigenvalue weighted by Gasteiger charge is -2.15. The Bertz CT molecular complexity index is 324. The van der Waals surface area contributed by atoms with Gasteiger partial charge in [-0.1, -0.05) is 0 Å². The Hall–Kier alpha value is -0.720. The monoisotopic (exact) mass is 221 g/mol. The number of aliphatic hydroxyl groups excluding tert-OH is 2. The van der Waals surface area contributed by atoms with Crippen molar-refractivity contribution in [2.75, 3.05) is 5.75 Å². The fourth-order valence-corrected chi connectivity index (χ4v) is 1.12. The molecule has 2 N–H and O–H groups in total. The average Bonchev–Trinajstić information content (AvgIpc) is 2.20. The van der Waals surface area contributed by atoms with Crippen molar-refractivity contribution in [3.8, 4) is 0 Å². The van der Waals surface area contributed by atoms with E-state index < -0.39 is 24.0 Å². The van der Waals surface area contributed by atoms with Gasteiger partial charge < -0.3 is 10.2 Å². The highest BCUT2D eigenvalue weighted by Crippen LogP contribution is 2.18. The molecule has 1 heterocycles. The quantitative estimate of drug-likeness (QED) is 0.520. The maximum absolute atomic E-state index is 12.7. The number of nitrogens with zero attached hydrogens (tertiary/aromatic N) is 1. The van der Waals surface area contributed by atoms with Crippen molar-refractivity contribution in [2.45, 2.75) is 12.2 Å². The predicted molar refractivity (Wildman–Crippen MR) is 49.0 cm³/mol. The first kappa shape index (κ1) is 11.4. The molecule has 1 aromatic rings. The average molecular weight is 221 g/mol. The summed E-state index contributed by atoms with van der Waals surface area (Å²) in [4.78, 5) is 3.08. The van der Waals surface area contributed by atoms with Crippen molar-refractivity contribution in [3.63, 3.8) is 0 Å². The molecule has 1 aromatic heterocycles. The summed E-state index contributed by atoms with van der Waals surface area (Å²) in [5.74, 6) is -2.38. The number of hydrogen-bond donors (Lipinski definition) is 3. The molecule has 0 spiro atoms. The van der Waals surface area contributed by atoms with Crippen LogP contribution in [0.4, 0.5) is 8.78 Å². The van der Waals surface area contributed by atoms with E-state index in [-0.39, 0.29) is 11.3 Å². The van der Waals surface area contributed by atoms with Crippen molar-refractivity contribution in [1.82, 2.24) is 4.98 Å². The van der Waals surface area contributed by atoms with E-state index in [1.54, 1.807) is 0 Å². The number of thiol groups is 1.